The maximum absolute atomic E-state index is 12.1. The van der Waals surface area contributed by atoms with Gasteiger partial charge in [-0.25, -0.2) is 0 Å². The molecule has 1 aliphatic heterocycles. The number of carbonyl (C=O) groups is 2. The number of nitrogens with one attached hydrogen (secondary N) is 2. The number of benzene rings is 2. The van der Waals surface area contributed by atoms with E-state index >= 15 is 0 Å². The Morgan fingerprint density at radius 1 is 1.12 bits per heavy atom. The lowest BCUT2D eigenvalue weighted by Gasteiger charge is -2.25. The van der Waals surface area contributed by atoms with Gasteiger partial charge < -0.3 is 9.47 Å². The van der Waals surface area contributed by atoms with Gasteiger partial charge in [-0.2, -0.15) is 0 Å². The summed E-state index contributed by atoms with van der Waals surface area (Å²) in [6.07, 6.45) is -0.861. The van der Waals surface area contributed by atoms with Gasteiger partial charge in [-0.3, -0.25) is 20.4 Å². The van der Waals surface area contributed by atoms with Crippen molar-refractivity contribution in [2.75, 3.05) is 6.61 Å². The third-order valence-corrected chi connectivity index (χ3v) is 4.08. The van der Waals surface area contributed by atoms with Crippen molar-refractivity contribution in [1.82, 2.24) is 10.9 Å². The average molecular weight is 412 g/mol. The molecule has 8 heteroatoms. The number of hydrogen-bond acceptors (Lipinski definition) is 4. The maximum Gasteiger partial charge on any atom is 0.283 e. The number of ether oxygens (including phenoxy) is 2. The van der Waals surface area contributed by atoms with Crippen LogP contribution in [0.4, 0.5) is 0 Å². The molecule has 0 bridgehead atoms. The largest absolute Gasteiger partial charge is 0.485 e. The normalized spacial score (nSPS) is 15.5. The van der Waals surface area contributed by atoms with Crippen molar-refractivity contribution < 1.29 is 19.1 Å². The van der Waals surface area contributed by atoms with Crippen molar-refractivity contribution in [2.45, 2.75) is 6.10 Å². The van der Waals surface area contributed by atoms with Crippen LogP contribution in [-0.2, 0) is 4.79 Å². The van der Waals surface area contributed by atoms with Crippen molar-refractivity contribution in [3.05, 3.63) is 57.5 Å². The molecule has 124 valence electrons. The molecule has 0 spiro atoms. The number of rotatable bonds is 2. The van der Waals surface area contributed by atoms with Crippen molar-refractivity contribution in [2.24, 2.45) is 0 Å². The summed E-state index contributed by atoms with van der Waals surface area (Å²) in [6, 6.07) is 11.9. The first-order valence-corrected chi connectivity index (χ1v) is 8.15. The fourth-order valence-corrected chi connectivity index (χ4v) is 2.85. The molecule has 24 heavy (non-hydrogen) atoms. The smallest absolute Gasteiger partial charge is 0.283 e. The quantitative estimate of drug-likeness (QED) is 0.745. The van der Waals surface area contributed by atoms with Crippen LogP contribution in [0.5, 0.6) is 11.5 Å². The van der Waals surface area contributed by atoms with Gasteiger partial charge in [0.25, 0.3) is 11.8 Å². The number of carbonyl (C=O) groups excluding carboxylic acids is 2. The molecule has 0 fully saturated rings. The monoisotopic (exact) mass is 410 g/mol. The lowest BCUT2D eigenvalue weighted by Crippen LogP contribution is -2.50. The molecule has 6 nitrogen and oxygen atoms in total. The molecule has 1 heterocycles. The molecule has 2 N–H and O–H groups in total. The highest BCUT2D eigenvalue weighted by Gasteiger charge is 2.27. The first-order chi connectivity index (χ1) is 11.5. The van der Waals surface area contributed by atoms with Crippen molar-refractivity contribution >= 4 is 39.3 Å². The van der Waals surface area contributed by atoms with E-state index in [4.69, 9.17) is 21.1 Å². The Balaban J connectivity index is 1.59. The Bertz CT molecular complexity index is 799. The third-order valence-electron chi connectivity index (χ3n) is 3.28. The lowest BCUT2D eigenvalue weighted by molar-refractivity contribution is -0.131. The second-order valence-electron chi connectivity index (χ2n) is 4.93. The van der Waals surface area contributed by atoms with Crippen LogP contribution in [0, 0.1) is 0 Å². The average Bonchev–Trinajstić information content (AvgIpc) is 2.59. The standard InChI is InChI=1S/C16H12BrClN2O4/c17-9-5-6-10(11(18)7-9)15(21)19-20-16(22)14-8-23-12-3-1-2-4-13(12)24-14/h1-7,14H,8H2,(H,19,21)(H,20,22). The fourth-order valence-electron chi connectivity index (χ4n) is 2.09. The summed E-state index contributed by atoms with van der Waals surface area (Å²) in [5, 5.41) is 0.266. The highest BCUT2D eigenvalue weighted by atomic mass is 79.9. The first kappa shape index (κ1) is 16.6. The minimum atomic E-state index is -0.861. The zero-order chi connectivity index (χ0) is 17.1. The zero-order valence-corrected chi connectivity index (χ0v) is 14.6. The molecule has 1 atom stereocenters. The third kappa shape index (κ3) is 3.63. The van der Waals surface area contributed by atoms with E-state index < -0.39 is 17.9 Å². The van der Waals surface area contributed by atoms with Crippen LogP contribution in [-0.4, -0.2) is 24.5 Å². The van der Waals surface area contributed by atoms with E-state index in [2.05, 4.69) is 26.8 Å². The topological polar surface area (TPSA) is 76.7 Å². The van der Waals surface area contributed by atoms with E-state index in [0.717, 1.165) is 4.47 Å². The predicted octanol–water partition coefficient (Wildman–Crippen LogP) is 2.70. The van der Waals surface area contributed by atoms with Crippen LogP contribution < -0.4 is 20.3 Å². The highest BCUT2D eigenvalue weighted by molar-refractivity contribution is 9.10. The van der Waals surface area contributed by atoms with E-state index in [0.29, 0.717) is 11.5 Å². The highest BCUT2D eigenvalue weighted by Crippen LogP contribution is 2.30. The zero-order valence-electron chi connectivity index (χ0n) is 12.2. The Hall–Kier alpha value is -2.25. The second-order valence-corrected chi connectivity index (χ2v) is 6.25. The van der Waals surface area contributed by atoms with Crippen LogP contribution in [0.15, 0.2) is 46.9 Å². The summed E-state index contributed by atoms with van der Waals surface area (Å²) in [7, 11) is 0. The van der Waals surface area contributed by atoms with Crippen LogP contribution >= 0.6 is 27.5 Å². The van der Waals surface area contributed by atoms with E-state index in [1.54, 1.807) is 36.4 Å². The summed E-state index contributed by atoms with van der Waals surface area (Å²) in [6.45, 7) is 0.0533. The summed E-state index contributed by atoms with van der Waals surface area (Å²) >= 11 is 9.25. The van der Waals surface area contributed by atoms with Gasteiger partial charge >= 0.3 is 0 Å². The van der Waals surface area contributed by atoms with Crippen LogP contribution in [0.3, 0.4) is 0 Å². The molecule has 2 aromatic carbocycles. The minimum Gasteiger partial charge on any atom is -0.485 e. The molecule has 0 saturated heterocycles. The van der Waals surface area contributed by atoms with E-state index in [9.17, 15) is 9.59 Å². The molecular formula is C16H12BrClN2O4. The molecule has 0 aliphatic carbocycles. The Labute approximate surface area is 151 Å². The predicted molar refractivity (Wildman–Crippen MR) is 91.1 cm³/mol. The maximum atomic E-state index is 12.1. The molecule has 2 aromatic rings. The van der Waals surface area contributed by atoms with Gasteiger partial charge in [-0.15, -0.1) is 0 Å². The molecule has 0 saturated carbocycles. The molecule has 2 amide bonds. The molecular weight excluding hydrogens is 400 g/mol. The second kappa shape index (κ2) is 7.11. The van der Waals surface area contributed by atoms with E-state index in [-0.39, 0.29) is 17.2 Å². The molecule has 3 rings (SSSR count). The van der Waals surface area contributed by atoms with Crippen LogP contribution in [0.1, 0.15) is 10.4 Å². The molecule has 1 unspecified atom stereocenters. The number of hydrazine groups is 1. The minimum absolute atomic E-state index is 0.0533. The van der Waals surface area contributed by atoms with Gasteiger partial charge in [-0.1, -0.05) is 39.7 Å². The summed E-state index contributed by atoms with van der Waals surface area (Å²) in [5.74, 6) is 0.00229. The molecule has 0 aromatic heterocycles. The Kier molecular flexibility index (Phi) is 4.92. The van der Waals surface area contributed by atoms with Gasteiger partial charge in [0, 0.05) is 4.47 Å². The number of amides is 2. The number of halogens is 2. The first-order valence-electron chi connectivity index (χ1n) is 6.98. The van der Waals surface area contributed by atoms with Gasteiger partial charge in [0.1, 0.15) is 6.61 Å². The Morgan fingerprint density at radius 2 is 1.88 bits per heavy atom. The lowest BCUT2D eigenvalue weighted by atomic mass is 10.2. The van der Waals surface area contributed by atoms with Crippen molar-refractivity contribution in [3.63, 3.8) is 0 Å². The van der Waals surface area contributed by atoms with Gasteiger partial charge in [0.05, 0.1) is 10.6 Å². The molecule has 1 aliphatic rings. The summed E-state index contributed by atoms with van der Waals surface area (Å²) < 4.78 is 11.8. The van der Waals surface area contributed by atoms with E-state index in [1.165, 1.54) is 0 Å². The van der Waals surface area contributed by atoms with Crippen LogP contribution in [0.25, 0.3) is 0 Å². The number of hydrogen-bond donors (Lipinski definition) is 2. The van der Waals surface area contributed by atoms with Crippen LogP contribution in [0.2, 0.25) is 5.02 Å². The van der Waals surface area contributed by atoms with Gasteiger partial charge in [-0.05, 0) is 30.3 Å². The SMILES string of the molecule is O=C(NNC(=O)C1COc2ccccc2O1)c1ccc(Br)cc1Cl. The van der Waals surface area contributed by atoms with E-state index in [1.807, 2.05) is 6.07 Å². The summed E-state index contributed by atoms with van der Waals surface area (Å²) in [5.41, 5.74) is 4.86. The number of para-hydroxylation sites is 2. The fraction of sp³-hybridized carbons (Fsp3) is 0.125. The molecule has 0 radical (unpaired) electrons. The summed E-state index contributed by atoms with van der Waals surface area (Å²) in [4.78, 5) is 24.2. The van der Waals surface area contributed by atoms with Crippen molar-refractivity contribution in [1.29, 1.82) is 0 Å². The van der Waals surface area contributed by atoms with Gasteiger partial charge in [0.15, 0.2) is 11.5 Å². The Morgan fingerprint density at radius 3 is 2.62 bits per heavy atom. The number of fused-ring (bicyclic) bond motifs is 1. The van der Waals surface area contributed by atoms with Crippen molar-refractivity contribution in [3.8, 4) is 11.5 Å². The van der Waals surface area contributed by atoms with Gasteiger partial charge in [0.2, 0.25) is 6.10 Å².